The summed E-state index contributed by atoms with van der Waals surface area (Å²) < 4.78 is 0. The van der Waals surface area contributed by atoms with E-state index in [1.54, 1.807) is 12.2 Å². The highest BCUT2D eigenvalue weighted by Crippen LogP contribution is 2.18. The van der Waals surface area contributed by atoms with Gasteiger partial charge >= 0.3 is 0 Å². The largest absolute Gasteiger partial charge is 0.873 e. The molecule has 1 nitrogen and oxygen atoms in total. The second kappa shape index (κ2) is 2.26. The fraction of sp³-hybridized carbons (Fsp3) is 0.500. The second-order valence-corrected chi connectivity index (χ2v) is 2.74. The fourth-order valence-electron chi connectivity index (χ4n) is 1.20. The molecule has 0 amide bonds. The molecule has 0 bridgehead atoms. The van der Waals surface area contributed by atoms with E-state index in [0.29, 0.717) is 5.92 Å². The van der Waals surface area contributed by atoms with Crippen LogP contribution in [0.2, 0.25) is 0 Å². The molecule has 0 N–H and O–H groups in total. The van der Waals surface area contributed by atoms with E-state index in [1.807, 2.05) is 6.92 Å². The summed E-state index contributed by atoms with van der Waals surface area (Å²) in [5.41, 5.74) is 1.20. The highest BCUT2D eigenvalue weighted by Gasteiger charge is 2.01. The van der Waals surface area contributed by atoms with Crippen molar-refractivity contribution < 1.29 is 5.11 Å². The Morgan fingerprint density at radius 2 is 2.33 bits per heavy atom. The molecule has 0 spiro atoms. The van der Waals surface area contributed by atoms with Gasteiger partial charge in [-0.25, -0.2) is 0 Å². The lowest BCUT2D eigenvalue weighted by molar-refractivity contribution is -0.296. The average molecular weight is 123 g/mol. The van der Waals surface area contributed by atoms with Crippen LogP contribution in [0.1, 0.15) is 20.3 Å². The van der Waals surface area contributed by atoms with Crippen LogP contribution in [-0.2, 0) is 0 Å². The maximum atomic E-state index is 10.8. The second-order valence-electron chi connectivity index (χ2n) is 2.74. The van der Waals surface area contributed by atoms with Gasteiger partial charge in [-0.15, -0.1) is 5.76 Å². The van der Waals surface area contributed by atoms with Crippen molar-refractivity contribution in [1.29, 1.82) is 0 Å². The van der Waals surface area contributed by atoms with Crippen LogP contribution in [0.15, 0.2) is 23.5 Å². The molecule has 0 aromatic carbocycles. The minimum Gasteiger partial charge on any atom is -0.873 e. The molecular weight excluding hydrogens is 112 g/mol. The lowest BCUT2D eigenvalue weighted by atomic mass is 9.96. The van der Waals surface area contributed by atoms with Gasteiger partial charge in [-0.3, -0.25) is 0 Å². The van der Waals surface area contributed by atoms with Crippen molar-refractivity contribution in [3.05, 3.63) is 23.5 Å². The van der Waals surface area contributed by atoms with E-state index in [9.17, 15) is 5.11 Å². The van der Waals surface area contributed by atoms with Crippen LogP contribution in [-0.4, -0.2) is 0 Å². The van der Waals surface area contributed by atoms with Crippen molar-refractivity contribution in [3.8, 4) is 0 Å². The van der Waals surface area contributed by atoms with Gasteiger partial charge in [0.25, 0.3) is 0 Å². The highest BCUT2D eigenvalue weighted by atomic mass is 16.3. The first-order valence-electron chi connectivity index (χ1n) is 3.24. The zero-order valence-electron chi connectivity index (χ0n) is 5.85. The molecule has 1 rings (SSSR count). The van der Waals surface area contributed by atoms with Gasteiger partial charge in [-0.1, -0.05) is 24.6 Å². The summed E-state index contributed by atoms with van der Waals surface area (Å²) in [7, 11) is 0. The zero-order chi connectivity index (χ0) is 6.85. The lowest BCUT2D eigenvalue weighted by Gasteiger charge is -2.18. The van der Waals surface area contributed by atoms with Gasteiger partial charge < -0.3 is 5.11 Å². The number of hydrogen-bond acceptors (Lipinski definition) is 1. The van der Waals surface area contributed by atoms with Crippen LogP contribution >= 0.6 is 0 Å². The Kier molecular flexibility index (Phi) is 1.60. The molecule has 1 aliphatic carbocycles. The molecule has 1 aliphatic rings. The van der Waals surface area contributed by atoms with Gasteiger partial charge in [0.05, 0.1) is 0 Å². The van der Waals surface area contributed by atoms with E-state index in [2.05, 4.69) is 6.92 Å². The molecule has 0 unspecified atom stereocenters. The summed E-state index contributed by atoms with van der Waals surface area (Å²) in [6.07, 6.45) is 4.53. The molecule has 0 fully saturated rings. The van der Waals surface area contributed by atoms with E-state index in [1.165, 1.54) is 5.57 Å². The topological polar surface area (TPSA) is 23.1 Å². The number of allylic oxidation sites excluding steroid dienone is 3. The van der Waals surface area contributed by atoms with E-state index >= 15 is 0 Å². The maximum Gasteiger partial charge on any atom is -0.0228 e. The number of hydrogen-bond donors (Lipinski definition) is 0. The predicted molar refractivity (Wildman–Crippen MR) is 35.6 cm³/mol. The Labute approximate surface area is 55.7 Å². The van der Waals surface area contributed by atoms with Gasteiger partial charge in [0.2, 0.25) is 0 Å². The molecule has 0 aliphatic heterocycles. The Bertz CT molecular complexity index is 165. The number of rotatable bonds is 0. The Hall–Kier alpha value is -0.720. The lowest BCUT2D eigenvalue weighted by Crippen LogP contribution is -2.08. The minimum absolute atomic E-state index is 0.172. The van der Waals surface area contributed by atoms with E-state index < -0.39 is 0 Å². The molecule has 0 aromatic heterocycles. The van der Waals surface area contributed by atoms with Gasteiger partial charge in [0, 0.05) is 0 Å². The van der Waals surface area contributed by atoms with E-state index in [-0.39, 0.29) is 5.76 Å². The van der Waals surface area contributed by atoms with E-state index in [4.69, 9.17) is 0 Å². The first kappa shape index (κ1) is 6.40. The fourth-order valence-corrected chi connectivity index (χ4v) is 1.20. The predicted octanol–water partition coefficient (Wildman–Crippen LogP) is 1.22. The smallest absolute Gasteiger partial charge is 0.0228 e. The van der Waals surface area contributed by atoms with Crippen LogP contribution in [0.3, 0.4) is 0 Å². The van der Waals surface area contributed by atoms with Crippen LogP contribution in [0.25, 0.3) is 0 Å². The summed E-state index contributed by atoms with van der Waals surface area (Å²) in [4.78, 5) is 0. The van der Waals surface area contributed by atoms with Gasteiger partial charge in [-0.05, 0) is 19.3 Å². The molecule has 1 heteroatoms. The summed E-state index contributed by atoms with van der Waals surface area (Å²) >= 11 is 0. The van der Waals surface area contributed by atoms with Crippen molar-refractivity contribution in [3.63, 3.8) is 0 Å². The molecule has 0 saturated carbocycles. The van der Waals surface area contributed by atoms with Crippen molar-refractivity contribution >= 4 is 0 Å². The van der Waals surface area contributed by atoms with Crippen LogP contribution < -0.4 is 5.11 Å². The van der Waals surface area contributed by atoms with E-state index in [0.717, 1.165) is 6.42 Å². The molecule has 9 heavy (non-hydrogen) atoms. The highest BCUT2D eigenvalue weighted by molar-refractivity contribution is 5.21. The SMILES string of the molecule is CC1=CC([O-])=C[C@H](C)C1. The quantitative estimate of drug-likeness (QED) is 0.475. The molecular formula is C8H11O-. The van der Waals surface area contributed by atoms with Crippen LogP contribution in [0.4, 0.5) is 0 Å². The van der Waals surface area contributed by atoms with Crippen molar-refractivity contribution in [2.45, 2.75) is 20.3 Å². The molecule has 50 valence electrons. The van der Waals surface area contributed by atoms with Gasteiger partial charge in [0.15, 0.2) is 0 Å². The third kappa shape index (κ3) is 1.60. The Morgan fingerprint density at radius 3 is 2.78 bits per heavy atom. The summed E-state index contributed by atoms with van der Waals surface area (Å²) in [6, 6.07) is 0. The van der Waals surface area contributed by atoms with Gasteiger partial charge in [-0.2, -0.15) is 0 Å². The zero-order valence-corrected chi connectivity index (χ0v) is 5.85. The molecule has 0 heterocycles. The third-order valence-corrected chi connectivity index (χ3v) is 1.48. The van der Waals surface area contributed by atoms with Gasteiger partial charge in [0.1, 0.15) is 0 Å². The summed E-state index contributed by atoms with van der Waals surface area (Å²) in [5.74, 6) is 0.619. The normalized spacial score (nSPS) is 27.1. The van der Waals surface area contributed by atoms with Crippen LogP contribution in [0.5, 0.6) is 0 Å². The summed E-state index contributed by atoms with van der Waals surface area (Å²) in [5, 5.41) is 10.8. The first-order valence-corrected chi connectivity index (χ1v) is 3.24. The first-order chi connectivity index (χ1) is 4.18. The standard InChI is InChI=1S/C8H12O/c1-6-3-7(2)5-8(9)4-6/h4-6,9H,3H2,1-2H3/p-1/t6-/m1/s1. The third-order valence-electron chi connectivity index (χ3n) is 1.48. The molecule has 1 atom stereocenters. The maximum absolute atomic E-state index is 10.8. The molecule has 0 radical (unpaired) electrons. The minimum atomic E-state index is 0.172. The van der Waals surface area contributed by atoms with Crippen molar-refractivity contribution in [2.24, 2.45) is 5.92 Å². The molecule has 0 aromatic rings. The Morgan fingerprint density at radius 1 is 1.67 bits per heavy atom. The Balaban J connectivity index is 2.74. The monoisotopic (exact) mass is 123 g/mol. The average Bonchev–Trinajstić information content (AvgIpc) is 1.59. The van der Waals surface area contributed by atoms with Crippen molar-refractivity contribution in [1.82, 2.24) is 0 Å². The van der Waals surface area contributed by atoms with Crippen molar-refractivity contribution in [2.75, 3.05) is 0 Å². The molecule has 0 saturated heterocycles. The van der Waals surface area contributed by atoms with Crippen LogP contribution in [0, 0.1) is 5.92 Å². The summed E-state index contributed by atoms with van der Waals surface area (Å²) in [6.45, 7) is 4.07.